The van der Waals surface area contributed by atoms with Crippen molar-refractivity contribution >= 4 is 11.6 Å². The normalized spacial score (nSPS) is 14.4. The minimum Gasteiger partial charge on any atom is -0.455 e. The average molecular weight is 283 g/mol. The van der Waals surface area contributed by atoms with Crippen LogP contribution in [0, 0.1) is 0 Å². The zero-order valence-corrected chi connectivity index (χ0v) is 10.2. The van der Waals surface area contributed by atoms with Gasteiger partial charge in [-0.05, 0) is 18.2 Å². The Labute approximate surface area is 111 Å². The number of nitrogens with zero attached hydrogens (tertiary/aromatic N) is 1. The average Bonchev–Trinajstić information content (AvgIpc) is 2.81. The van der Waals surface area contributed by atoms with Gasteiger partial charge < -0.3 is 14.1 Å². The van der Waals surface area contributed by atoms with E-state index in [9.17, 15) is 18.0 Å². The van der Waals surface area contributed by atoms with Crippen molar-refractivity contribution in [2.24, 2.45) is 0 Å². The van der Waals surface area contributed by atoms with Gasteiger partial charge in [0.2, 0.25) is 5.76 Å². The molecule has 1 aromatic heterocycles. The molecule has 0 radical (unpaired) electrons. The van der Waals surface area contributed by atoms with E-state index in [4.69, 9.17) is 9.15 Å². The standard InChI is InChI=1S/C13H8F3NO3/c1-17-8-6-7(13(14,15)16)2-3-9(8)20-10-4-5-19-11(10)12(17)18/h2-6H,1H3. The number of furan rings is 1. The van der Waals surface area contributed by atoms with Crippen LogP contribution in [0.4, 0.5) is 18.9 Å². The zero-order chi connectivity index (χ0) is 14.5. The van der Waals surface area contributed by atoms with Crippen molar-refractivity contribution in [3.05, 3.63) is 41.9 Å². The third-order valence-corrected chi connectivity index (χ3v) is 3.00. The molecule has 1 aliphatic rings. The monoisotopic (exact) mass is 283 g/mol. The van der Waals surface area contributed by atoms with Crippen molar-refractivity contribution in [1.82, 2.24) is 0 Å². The van der Waals surface area contributed by atoms with Crippen LogP contribution >= 0.6 is 0 Å². The van der Waals surface area contributed by atoms with Crippen molar-refractivity contribution in [2.75, 3.05) is 11.9 Å². The van der Waals surface area contributed by atoms with Gasteiger partial charge >= 0.3 is 6.18 Å². The van der Waals surface area contributed by atoms with E-state index in [0.717, 1.165) is 17.0 Å². The summed E-state index contributed by atoms with van der Waals surface area (Å²) in [4.78, 5) is 13.2. The van der Waals surface area contributed by atoms with E-state index in [1.807, 2.05) is 0 Å². The molecule has 1 amide bonds. The second-order valence-electron chi connectivity index (χ2n) is 4.26. The molecule has 0 N–H and O–H groups in total. The van der Waals surface area contributed by atoms with Gasteiger partial charge in [-0.3, -0.25) is 4.79 Å². The Hall–Kier alpha value is -2.44. The fraction of sp³-hybridized carbons (Fsp3) is 0.154. The Kier molecular flexibility index (Phi) is 2.53. The minimum atomic E-state index is -4.49. The van der Waals surface area contributed by atoms with Gasteiger partial charge in [0, 0.05) is 13.1 Å². The number of anilines is 1. The highest BCUT2D eigenvalue weighted by Gasteiger charge is 2.34. The van der Waals surface area contributed by atoms with Crippen LogP contribution in [0.2, 0.25) is 0 Å². The predicted octanol–water partition coefficient (Wildman–Crippen LogP) is 3.68. The van der Waals surface area contributed by atoms with Gasteiger partial charge in [-0.1, -0.05) is 0 Å². The molecule has 0 aliphatic carbocycles. The Morgan fingerprint density at radius 2 is 1.90 bits per heavy atom. The van der Waals surface area contributed by atoms with Gasteiger partial charge in [0.05, 0.1) is 17.5 Å². The maximum Gasteiger partial charge on any atom is 0.416 e. The molecule has 0 unspecified atom stereocenters. The van der Waals surface area contributed by atoms with Crippen LogP contribution < -0.4 is 9.64 Å². The number of benzene rings is 1. The largest absolute Gasteiger partial charge is 0.455 e. The van der Waals surface area contributed by atoms with E-state index in [2.05, 4.69) is 0 Å². The lowest BCUT2D eigenvalue weighted by Gasteiger charge is -2.17. The van der Waals surface area contributed by atoms with Gasteiger partial charge in [-0.2, -0.15) is 13.2 Å². The predicted molar refractivity (Wildman–Crippen MR) is 63.0 cm³/mol. The topological polar surface area (TPSA) is 42.7 Å². The molecule has 20 heavy (non-hydrogen) atoms. The van der Waals surface area contributed by atoms with Crippen LogP contribution in [0.1, 0.15) is 16.1 Å². The lowest BCUT2D eigenvalue weighted by molar-refractivity contribution is -0.137. The summed E-state index contributed by atoms with van der Waals surface area (Å²) in [6, 6.07) is 4.40. The van der Waals surface area contributed by atoms with E-state index < -0.39 is 17.6 Å². The third-order valence-electron chi connectivity index (χ3n) is 3.00. The van der Waals surface area contributed by atoms with Crippen molar-refractivity contribution in [3.8, 4) is 11.5 Å². The number of rotatable bonds is 0. The summed E-state index contributed by atoms with van der Waals surface area (Å²) in [5.41, 5.74) is -0.811. The Morgan fingerprint density at radius 1 is 1.15 bits per heavy atom. The Bertz CT molecular complexity index is 690. The van der Waals surface area contributed by atoms with Gasteiger partial charge in [-0.25, -0.2) is 0 Å². The quantitative estimate of drug-likeness (QED) is 0.740. The first kappa shape index (κ1) is 12.6. The summed E-state index contributed by atoms with van der Waals surface area (Å²) in [6.45, 7) is 0. The van der Waals surface area contributed by atoms with Crippen molar-refractivity contribution < 1.29 is 27.1 Å². The van der Waals surface area contributed by atoms with E-state index in [1.54, 1.807) is 0 Å². The second-order valence-corrected chi connectivity index (χ2v) is 4.26. The smallest absolute Gasteiger partial charge is 0.416 e. The van der Waals surface area contributed by atoms with Crippen LogP contribution in [-0.4, -0.2) is 13.0 Å². The van der Waals surface area contributed by atoms with Crippen LogP contribution in [0.3, 0.4) is 0 Å². The van der Waals surface area contributed by atoms with Crippen LogP contribution in [-0.2, 0) is 6.18 Å². The highest BCUT2D eigenvalue weighted by molar-refractivity contribution is 6.07. The molecule has 1 aliphatic heterocycles. The summed E-state index contributed by atoms with van der Waals surface area (Å²) < 4.78 is 48.6. The summed E-state index contributed by atoms with van der Waals surface area (Å²) in [5, 5.41) is 0. The maximum absolute atomic E-state index is 12.7. The lowest BCUT2D eigenvalue weighted by Crippen LogP contribution is -2.25. The van der Waals surface area contributed by atoms with Gasteiger partial charge in [-0.15, -0.1) is 0 Å². The molecule has 0 bridgehead atoms. The SMILES string of the molecule is CN1C(=O)c2occc2Oc2ccc(C(F)(F)F)cc21. The maximum atomic E-state index is 12.7. The van der Waals surface area contributed by atoms with Crippen molar-refractivity contribution in [3.63, 3.8) is 0 Å². The van der Waals surface area contributed by atoms with E-state index >= 15 is 0 Å². The first-order valence-electron chi connectivity index (χ1n) is 5.62. The fourth-order valence-electron chi connectivity index (χ4n) is 1.96. The molecule has 7 heteroatoms. The van der Waals surface area contributed by atoms with Crippen LogP contribution in [0.5, 0.6) is 11.5 Å². The van der Waals surface area contributed by atoms with E-state index in [-0.39, 0.29) is 22.9 Å². The number of ether oxygens (including phenoxy) is 1. The first-order valence-corrected chi connectivity index (χ1v) is 5.62. The number of alkyl halides is 3. The highest BCUT2D eigenvalue weighted by atomic mass is 19.4. The van der Waals surface area contributed by atoms with E-state index in [0.29, 0.717) is 0 Å². The molecule has 0 saturated heterocycles. The molecule has 1 aromatic carbocycles. The van der Waals surface area contributed by atoms with Crippen molar-refractivity contribution in [2.45, 2.75) is 6.18 Å². The molecule has 4 nitrogen and oxygen atoms in total. The molecule has 0 atom stereocenters. The molecular weight excluding hydrogens is 275 g/mol. The molecule has 104 valence electrons. The number of carbonyl (C=O) groups is 1. The molecule has 2 aromatic rings. The molecule has 0 saturated carbocycles. The summed E-state index contributed by atoms with van der Waals surface area (Å²) >= 11 is 0. The second kappa shape index (κ2) is 4.03. The fourth-order valence-corrected chi connectivity index (χ4v) is 1.96. The van der Waals surface area contributed by atoms with Gasteiger partial charge in [0.25, 0.3) is 5.91 Å². The lowest BCUT2D eigenvalue weighted by atomic mass is 10.1. The van der Waals surface area contributed by atoms with Crippen molar-refractivity contribution in [1.29, 1.82) is 0 Å². The Balaban J connectivity index is 2.16. The molecule has 0 spiro atoms. The molecule has 3 rings (SSSR count). The molecule has 2 heterocycles. The number of hydrogen-bond acceptors (Lipinski definition) is 3. The summed E-state index contributed by atoms with van der Waals surface area (Å²) in [6.07, 6.45) is -3.21. The first-order chi connectivity index (χ1) is 9.38. The number of hydrogen-bond donors (Lipinski definition) is 0. The van der Waals surface area contributed by atoms with Gasteiger partial charge in [0.1, 0.15) is 0 Å². The number of amides is 1. The van der Waals surface area contributed by atoms with Gasteiger partial charge in [0.15, 0.2) is 11.5 Å². The number of carbonyl (C=O) groups excluding carboxylic acids is 1. The molecular formula is C13H8F3NO3. The van der Waals surface area contributed by atoms with Crippen LogP contribution in [0.15, 0.2) is 34.9 Å². The zero-order valence-electron chi connectivity index (χ0n) is 10.2. The third kappa shape index (κ3) is 1.82. The number of halogens is 3. The summed E-state index contributed by atoms with van der Waals surface area (Å²) in [5.74, 6) is -0.269. The summed E-state index contributed by atoms with van der Waals surface area (Å²) in [7, 11) is 1.36. The Morgan fingerprint density at radius 3 is 2.60 bits per heavy atom. The highest BCUT2D eigenvalue weighted by Crippen LogP contribution is 2.41. The van der Waals surface area contributed by atoms with E-state index in [1.165, 1.54) is 25.4 Å². The van der Waals surface area contributed by atoms with Crippen LogP contribution in [0.25, 0.3) is 0 Å². The number of fused-ring (bicyclic) bond motifs is 2. The minimum absolute atomic E-state index is 0.0382. The molecule has 0 fully saturated rings.